The van der Waals surface area contributed by atoms with E-state index in [2.05, 4.69) is 12.8 Å². The van der Waals surface area contributed by atoms with E-state index < -0.39 is 0 Å². The summed E-state index contributed by atoms with van der Waals surface area (Å²) in [5, 5.41) is 0. The van der Waals surface area contributed by atoms with Crippen molar-refractivity contribution in [3.63, 3.8) is 0 Å². The first-order valence-electron chi connectivity index (χ1n) is 3.63. The lowest BCUT2D eigenvalue weighted by atomic mass is 9.91. The van der Waals surface area contributed by atoms with E-state index in [4.69, 9.17) is 0 Å². The van der Waals surface area contributed by atoms with Gasteiger partial charge in [-0.05, 0) is 0 Å². The van der Waals surface area contributed by atoms with Gasteiger partial charge >= 0.3 is 0 Å². The van der Waals surface area contributed by atoms with Crippen LogP contribution in [0.4, 0.5) is 0 Å². The predicted molar refractivity (Wildman–Crippen MR) is 46.1 cm³/mol. The van der Waals surface area contributed by atoms with Gasteiger partial charge in [0.2, 0.25) is 11.8 Å². The van der Waals surface area contributed by atoms with Gasteiger partial charge in [-0.25, -0.2) is 4.31 Å². The van der Waals surface area contributed by atoms with Crippen molar-refractivity contribution in [2.75, 3.05) is 0 Å². The molecule has 1 aliphatic carbocycles. The number of rotatable bonds is 0. The van der Waals surface area contributed by atoms with Crippen molar-refractivity contribution in [3.05, 3.63) is 24.3 Å². The average molecular weight is 181 g/mol. The minimum Gasteiger partial charge on any atom is -0.273 e. The molecule has 3 nitrogen and oxygen atoms in total. The fourth-order valence-corrected chi connectivity index (χ4v) is 1.74. The SMILES string of the molecule is O=C1C2C=CC=CC2C(=O)N1S. The van der Waals surface area contributed by atoms with Crippen LogP contribution in [0, 0.1) is 11.8 Å². The van der Waals surface area contributed by atoms with E-state index >= 15 is 0 Å². The highest BCUT2D eigenvalue weighted by molar-refractivity contribution is 7.79. The quantitative estimate of drug-likeness (QED) is 0.438. The Hall–Kier alpha value is -1.03. The smallest absolute Gasteiger partial charge is 0.247 e. The summed E-state index contributed by atoms with van der Waals surface area (Å²) in [6.45, 7) is 0. The Morgan fingerprint density at radius 2 is 1.50 bits per heavy atom. The lowest BCUT2D eigenvalue weighted by molar-refractivity contribution is -0.132. The summed E-state index contributed by atoms with van der Waals surface area (Å²) in [5.74, 6) is -1.09. The van der Waals surface area contributed by atoms with Gasteiger partial charge in [0.05, 0.1) is 11.8 Å². The van der Waals surface area contributed by atoms with Crippen molar-refractivity contribution < 1.29 is 9.59 Å². The fourth-order valence-electron chi connectivity index (χ4n) is 1.47. The lowest BCUT2D eigenvalue weighted by Crippen LogP contribution is -2.20. The Bertz CT molecular complexity index is 278. The van der Waals surface area contributed by atoms with Crippen LogP contribution in [0.3, 0.4) is 0 Å². The van der Waals surface area contributed by atoms with Gasteiger partial charge in [0.15, 0.2) is 0 Å². The van der Waals surface area contributed by atoms with Crippen LogP contribution in [-0.4, -0.2) is 16.1 Å². The number of amides is 2. The highest BCUT2D eigenvalue weighted by Crippen LogP contribution is 2.31. The molecule has 0 aromatic heterocycles. The Kier molecular flexibility index (Phi) is 1.58. The van der Waals surface area contributed by atoms with Crippen LogP contribution in [0.2, 0.25) is 0 Å². The maximum absolute atomic E-state index is 11.3. The number of nitrogens with zero attached hydrogens (tertiary/aromatic N) is 1. The van der Waals surface area contributed by atoms with E-state index in [-0.39, 0.29) is 23.7 Å². The number of thiol groups is 1. The molecule has 2 amide bonds. The van der Waals surface area contributed by atoms with Gasteiger partial charge in [-0.1, -0.05) is 37.1 Å². The van der Waals surface area contributed by atoms with E-state index in [9.17, 15) is 9.59 Å². The van der Waals surface area contributed by atoms with Gasteiger partial charge in [0.1, 0.15) is 0 Å². The first-order chi connectivity index (χ1) is 5.72. The Balaban J connectivity index is 2.40. The molecule has 0 saturated carbocycles. The summed E-state index contributed by atoms with van der Waals surface area (Å²) < 4.78 is 0.898. The Labute approximate surface area is 75.3 Å². The Morgan fingerprint density at radius 1 is 1.08 bits per heavy atom. The predicted octanol–water partition coefficient (Wildman–Crippen LogP) is 0.558. The molecule has 62 valence electrons. The molecule has 4 heteroatoms. The molecule has 1 heterocycles. The number of fused-ring (bicyclic) bond motifs is 1. The fraction of sp³-hybridized carbons (Fsp3) is 0.250. The van der Waals surface area contributed by atoms with Crippen LogP contribution in [0.1, 0.15) is 0 Å². The molecule has 0 aromatic carbocycles. The van der Waals surface area contributed by atoms with Crippen LogP contribution >= 0.6 is 12.8 Å². The monoisotopic (exact) mass is 181 g/mol. The summed E-state index contributed by atoms with van der Waals surface area (Å²) >= 11 is 3.80. The van der Waals surface area contributed by atoms with E-state index in [0.717, 1.165) is 4.31 Å². The van der Waals surface area contributed by atoms with Gasteiger partial charge in [0.25, 0.3) is 0 Å². The van der Waals surface area contributed by atoms with E-state index in [1.807, 2.05) is 0 Å². The van der Waals surface area contributed by atoms with Gasteiger partial charge in [-0.15, -0.1) is 0 Å². The molecule has 1 aliphatic heterocycles. The van der Waals surface area contributed by atoms with Crippen LogP contribution in [0.5, 0.6) is 0 Å². The summed E-state index contributed by atoms with van der Waals surface area (Å²) in [5.41, 5.74) is 0. The number of hydrogen-bond donors (Lipinski definition) is 1. The zero-order valence-electron chi connectivity index (χ0n) is 6.18. The Morgan fingerprint density at radius 3 is 1.92 bits per heavy atom. The molecule has 0 aromatic rings. The van der Waals surface area contributed by atoms with Crippen molar-refractivity contribution in [1.29, 1.82) is 0 Å². The zero-order valence-corrected chi connectivity index (χ0v) is 7.07. The van der Waals surface area contributed by atoms with E-state index in [0.29, 0.717) is 0 Å². The minimum atomic E-state index is -0.319. The van der Waals surface area contributed by atoms with Crippen molar-refractivity contribution in [3.8, 4) is 0 Å². The van der Waals surface area contributed by atoms with Gasteiger partial charge in [-0.2, -0.15) is 0 Å². The van der Waals surface area contributed by atoms with Gasteiger partial charge < -0.3 is 0 Å². The maximum atomic E-state index is 11.3. The molecule has 2 unspecified atom stereocenters. The standard InChI is InChI=1S/C8H7NO2S/c10-7-5-3-1-2-4-6(5)8(11)9(7)12/h1-6,12H. The van der Waals surface area contributed by atoms with Gasteiger partial charge in [-0.3, -0.25) is 9.59 Å². The van der Waals surface area contributed by atoms with Crippen molar-refractivity contribution in [2.24, 2.45) is 11.8 Å². The first-order valence-corrected chi connectivity index (χ1v) is 4.03. The van der Waals surface area contributed by atoms with Crippen LogP contribution in [-0.2, 0) is 9.59 Å². The second-order valence-electron chi connectivity index (χ2n) is 2.81. The highest BCUT2D eigenvalue weighted by Gasteiger charge is 2.44. The summed E-state index contributed by atoms with van der Waals surface area (Å²) in [4.78, 5) is 22.6. The third-order valence-corrected chi connectivity index (χ3v) is 2.52. The van der Waals surface area contributed by atoms with E-state index in [1.54, 1.807) is 24.3 Å². The number of carbonyl (C=O) groups is 2. The maximum Gasteiger partial charge on any atom is 0.247 e. The lowest BCUT2D eigenvalue weighted by Gasteiger charge is -2.08. The van der Waals surface area contributed by atoms with Crippen LogP contribution < -0.4 is 0 Å². The van der Waals surface area contributed by atoms with Crippen LogP contribution in [0.15, 0.2) is 24.3 Å². The summed E-state index contributed by atoms with van der Waals surface area (Å²) in [6, 6.07) is 0. The number of imide groups is 1. The van der Waals surface area contributed by atoms with E-state index in [1.165, 1.54) is 0 Å². The highest BCUT2D eigenvalue weighted by atomic mass is 32.1. The second-order valence-corrected chi connectivity index (χ2v) is 3.21. The van der Waals surface area contributed by atoms with Crippen molar-refractivity contribution in [2.45, 2.75) is 0 Å². The number of allylic oxidation sites excluding steroid dienone is 2. The zero-order chi connectivity index (χ0) is 8.72. The molecule has 2 aliphatic rings. The van der Waals surface area contributed by atoms with Crippen molar-refractivity contribution >= 4 is 24.6 Å². The van der Waals surface area contributed by atoms with Gasteiger partial charge in [0, 0.05) is 0 Å². The topological polar surface area (TPSA) is 37.4 Å². The molecule has 2 atom stereocenters. The van der Waals surface area contributed by atoms with Crippen molar-refractivity contribution in [1.82, 2.24) is 4.31 Å². The molecular weight excluding hydrogens is 174 g/mol. The molecule has 0 N–H and O–H groups in total. The first kappa shape index (κ1) is 7.61. The molecule has 0 spiro atoms. The average Bonchev–Trinajstić information content (AvgIpc) is 2.33. The molecule has 1 saturated heterocycles. The molecule has 0 bridgehead atoms. The molecule has 12 heavy (non-hydrogen) atoms. The number of carbonyl (C=O) groups excluding carboxylic acids is 2. The summed E-state index contributed by atoms with van der Waals surface area (Å²) in [6.07, 6.45) is 7.03. The molecule has 0 radical (unpaired) electrons. The second kappa shape index (κ2) is 2.48. The third-order valence-electron chi connectivity index (χ3n) is 2.12. The van der Waals surface area contributed by atoms with Crippen LogP contribution in [0.25, 0.3) is 0 Å². The molecular formula is C8H7NO2S. The summed E-state index contributed by atoms with van der Waals surface area (Å²) in [7, 11) is 0. The largest absolute Gasteiger partial charge is 0.273 e. The minimum absolute atomic E-state index is 0.228. The normalized spacial score (nSPS) is 32.9. The number of hydrogen-bond acceptors (Lipinski definition) is 3. The molecule has 2 rings (SSSR count). The third kappa shape index (κ3) is 0.845. The molecule has 1 fully saturated rings.